The van der Waals surface area contributed by atoms with E-state index in [1.54, 1.807) is 38.3 Å². The number of amides is 1. The van der Waals surface area contributed by atoms with Gasteiger partial charge in [-0.2, -0.15) is 0 Å². The number of carbonyl (C=O) groups excluding carboxylic acids is 1. The first-order chi connectivity index (χ1) is 11.5. The Morgan fingerprint density at radius 1 is 1.17 bits per heavy atom. The van der Waals surface area contributed by atoms with Crippen molar-refractivity contribution in [1.29, 1.82) is 0 Å². The van der Waals surface area contributed by atoms with Gasteiger partial charge in [0.05, 0.1) is 13.2 Å². The molecule has 1 amide bonds. The van der Waals surface area contributed by atoms with E-state index in [0.29, 0.717) is 10.8 Å². The van der Waals surface area contributed by atoms with E-state index in [0.717, 1.165) is 17.7 Å². The summed E-state index contributed by atoms with van der Waals surface area (Å²) in [6.45, 7) is 3.74. The van der Waals surface area contributed by atoms with Gasteiger partial charge in [0.2, 0.25) is 0 Å². The van der Waals surface area contributed by atoms with Gasteiger partial charge in [0.25, 0.3) is 5.91 Å². The highest BCUT2D eigenvalue weighted by molar-refractivity contribution is 6.30. The maximum atomic E-state index is 12.4. The first kappa shape index (κ1) is 18.1. The first-order valence-electron chi connectivity index (χ1n) is 7.90. The number of ether oxygens (including phenoxy) is 2. The fourth-order valence-electron chi connectivity index (χ4n) is 2.34. The molecule has 2 aromatic rings. The summed E-state index contributed by atoms with van der Waals surface area (Å²) in [6, 6.07) is 14.6. The van der Waals surface area contributed by atoms with Gasteiger partial charge in [-0.15, -0.1) is 0 Å². The third-order valence-electron chi connectivity index (χ3n) is 3.72. The zero-order valence-corrected chi connectivity index (χ0v) is 14.8. The summed E-state index contributed by atoms with van der Waals surface area (Å²) in [4.78, 5) is 12.4. The van der Waals surface area contributed by atoms with E-state index < -0.39 is 6.10 Å². The van der Waals surface area contributed by atoms with Crippen LogP contribution in [0.2, 0.25) is 5.02 Å². The predicted molar refractivity (Wildman–Crippen MR) is 95.7 cm³/mol. The van der Waals surface area contributed by atoms with Crippen molar-refractivity contribution in [3.05, 3.63) is 59.1 Å². The summed E-state index contributed by atoms with van der Waals surface area (Å²) in [5.41, 5.74) is 1.03. The minimum Gasteiger partial charge on any atom is -0.497 e. The monoisotopic (exact) mass is 347 g/mol. The van der Waals surface area contributed by atoms with Crippen LogP contribution >= 0.6 is 11.6 Å². The number of rotatable bonds is 7. The average molecular weight is 348 g/mol. The van der Waals surface area contributed by atoms with E-state index in [2.05, 4.69) is 5.32 Å². The predicted octanol–water partition coefficient (Wildman–Crippen LogP) is 4.38. The molecule has 2 unspecified atom stereocenters. The minimum absolute atomic E-state index is 0.0752. The second-order valence-electron chi connectivity index (χ2n) is 5.46. The molecule has 0 spiro atoms. The summed E-state index contributed by atoms with van der Waals surface area (Å²) in [5, 5.41) is 3.59. The normalized spacial score (nSPS) is 13.0. The van der Waals surface area contributed by atoms with Gasteiger partial charge in [0.15, 0.2) is 6.10 Å². The van der Waals surface area contributed by atoms with E-state index in [4.69, 9.17) is 21.1 Å². The molecule has 2 rings (SSSR count). The number of carbonyl (C=O) groups is 1. The number of hydrogen-bond acceptors (Lipinski definition) is 3. The van der Waals surface area contributed by atoms with Crippen LogP contribution in [-0.4, -0.2) is 19.1 Å². The lowest BCUT2D eigenvalue weighted by Gasteiger charge is -2.21. The van der Waals surface area contributed by atoms with Crippen LogP contribution < -0.4 is 14.8 Å². The topological polar surface area (TPSA) is 47.6 Å². The molecule has 0 aromatic heterocycles. The molecule has 0 fully saturated rings. The highest BCUT2D eigenvalue weighted by Gasteiger charge is 2.19. The molecule has 0 radical (unpaired) electrons. The zero-order valence-electron chi connectivity index (χ0n) is 14.1. The molecule has 0 heterocycles. The third kappa shape index (κ3) is 4.90. The molecule has 0 saturated carbocycles. The Morgan fingerprint density at radius 2 is 1.88 bits per heavy atom. The Bertz CT molecular complexity index is 673. The molecule has 24 heavy (non-hydrogen) atoms. The standard InChI is InChI=1S/C19H22ClNO3/c1-4-18(14-8-10-16(23-3)11-9-14)21-19(22)13(2)24-17-7-5-6-15(20)12-17/h5-13,18H,4H2,1-3H3,(H,21,22). The van der Waals surface area contributed by atoms with Crippen molar-refractivity contribution in [2.75, 3.05) is 7.11 Å². The molecule has 2 atom stereocenters. The second kappa shape index (κ2) is 8.60. The van der Waals surface area contributed by atoms with E-state index in [1.807, 2.05) is 31.2 Å². The van der Waals surface area contributed by atoms with E-state index in [-0.39, 0.29) is 11.9 Å². The van der Waals surface area contributed by atoms with Crippen LogP contribution in [0.3, 0.4) is 0 Å². The number of methoxy groups -OCH3 is 1. The van der Waals surface area contributed by atoms with E-state index in [1.165, 1.54) is 0 Å². The van der Waals surface area contributed by atoms with Gasteiger partial charge in [-0.05, 0) is 49.2 Å². The van der Waals surface area contributed by atoms with Crippen LogP contribution in [0.5, 0.6) is 11.5 Å². The Balaban J connectivity index is 1.99. The van der Waals surface area contributed by atoms with Crippen molar-refractivity contribution in [2.45, 2.75) is 32.4 Å². The Morgan fingerprint density at radius 3 is 2.46 bits per heavy atom. The molecule has 2 aromatic carbocycles. The second-order valence-corrected chi connectivity index (χ2v) is 5.90. The molecule has 0 bridgehead atoms. The van der Waals surface area contributed by atoms with Crippen LogP contribution in [0.1, 0.15) is 31.9 Å². The largest absolute Gasteiger partial charge is 0.497 e. The number of hydrogen-bond donors (Lipinski definition) is 1. The van der Waals surface area contributed by atoms with Crippen molar-refractivity contribution < 1.29 is 14.3 Å². The average Bonchev–Trinajstić information content (AvgIpc) is 2.59. The fraction of sp³-hybridized carbons (Fsp3) is 0.316. The maximum absolute atomic E-state index is 12.4. The van der Waals surface area contributed by atoms with Crippen LogP contribution in [0.25, 0.3) is 0 Å². The van der Waals surface area contributed by atoms with Crippen LogP contribution in [0, 0.1) is 0 Å². The summed E-state index contributed by atoms with van der Waals surface area (Å²) < 4.78 is 10.8. The molecule has 0 aliphatic carbocycles. The molecule has 128 valence electrons. The van der Waals surface area contributed by atoms with Crippen molar-refractivity contribution in [2.24, 2.45) is 0 Å². The molecule has 0 aliphatic heterocycles. The number of benzene rings is 2. The fourth-order valence-corrected chi connectivity index (χ4v) is 2.52. The van der Waals surface area contributed by atoms with Crippen molar-refractivity contribution >= 4 is 17.5 Å². The molecule has 1 N–H and O–H groups in total. The van der Waals surface area contributed by atoms with Crippen molar-refractivity contribution in [3.8, 4) is 11.5 Å². The summed E-state index contributed by atoms with van der Waals surface area (Å²) in [5.74, 6) is 1.19. The SMILES string of the molecule is CCC(NC(=O)C(C)Oc1cccc(Cl)c1)c1ccc(OC)cc1. The van der Waals surface area contributed by atoms with Crippen LogP contribution in [-0.2, 0) is 4.79 Å². The zero-order chi connectivity index (χ0) is 17.5. The molecular weight excluding hydrogens is 326 g/mol. The molecule has 4 nitrogen and oxygen atoms in total. The van der Waals surface area contributed by atoms with Gasteiger partial charge in [-0.1, -0.05) is 36.7 Å². The Labute approximate surface area is 147 Å². The van der Waals surface area contributed by atoms with Gasteiger partial charge in [0, 0.05) is 5.02 Å². The van der Waals surface area contributed by atoms with E-state index in [9.17, 15) is 4.79 Å². The van der Waals surface area contributed by atoms with Gasteiger partial charge in [0.1, 0.15) is 11.5 Å². The summed E-state index contributed by atoms with van der Waals surface area (Å²) >= 11 is 5.93. The molecule has 0 saturated heterocycles. The van der Waals surface area contributed by atoms with Gasteiger partial charge in [-0.3, -0.25) is 4.79 Å². The quantitative estimate of drug-likeness (QED) is 0.808. The number of nitrogens with one attached hydrogen (secondary N) is 1. The van der Waals surface area contributed by atoms with Crippen molar-refractivity contribution in [1.82, 2.24) is 5.32 Å². The first-order valence-corrected chi connectivity index (χ1v) is 8.27. The van der Waals surface area contributed by atoms with E-state index >= 15 is 0 Å². The Kier molecular flexibility index (Phi) is 6.50. The maximum Gasteiger partial charge on any atom is 0.261 e. The van der Waals surface area contributed by atoms with Crippen LogP contribution in [0.15, 0.2) is 48.5 Å². The van der Waals surface area contributed by atoms with Crippen LogP contribution in [0.4, 0.5) is 0 Å². The lowest BCUT2D eigenvalue weighted by atomic mass is 10.0. The van der Waals surface area contributed by atoms with Gasteiger partial charge >= 0.3 is 0 Å². The minimum atomic E-state index is -0.615. The van der Waals surface area contributed by atoms with Gasteiger partial charge < -0.3 is 14.8 Å². The lowest BCUT2D eigenvalue weighted by molar-refractivity contribution is -0.128. The summed E-state index contributed by atoms with van der Waals surface area (Å²) in [6.07, 6.45) is 0.165. The smallest absolute Gasteiger partial charge is 0.261 e. The molecule has 0 aliphatic rings. The number of halogens is 1. The summed E-state index contributed by atoms with van der Waals surface area (Å²) in [7, 11) is 1.63. The molecule has 5 heteroatoms. The Hall–Kier alpha value is -2.20. The third-order valence-corrected chi connectivity index (χ3v) is 3.96. The molecular formula is C19H22ClNO3. The lowest BCUT2D eigenvalue weighted by Crippen LogP contribution is -2.38. The highest BCUT2D eigenvalue weighted by atomic mass is 35.5. The highest BCUT2D eigenvalue weighted by Crippen LogP contribution is 2.21. The van der Waals surface area contributed by atoms with Crippen molar-refractivity contribution in [3.63, 3.8) is 0 Å². The van der Waals surface area contributed by atoms with Gasteiger partial charge in [-0.25, -0.2) is 0 Å².